The number of hydrogen-bond donors (Lipinski definition) is 0. The summed E-state index contributed by atoms with van der Waals surface area (Å²) in [5, 5.41) is 0.329. The maximum Gasteiger partial charge on any atom is 0.192 e. The van der Waals surface area contributed by atoms with Gasteiger partial charge < -0.3 is 4.43 Å². The monoisotopic (exact) mass is 328 g/mol. The number of rotatable bonds is 4. The maximum atomic E-state index is 6.25. The zero-order valence-corrected chi connectivity index (χ0v) is 13.8. The minimum atomic E-state index is -1.54. The predicted molar refractivity (Wildman–Crippen MR) is 75.8 cm³/mol. The number of hydrogen-bond acceptors (Lipinski definition) is 1. The summed E-state index contributed by atoms with van der Waals surface area (Å²) >= 11 is 2.47. The molecular formula is C11H25IOSi. The van der Waals surface area contributed by atoms with Crippen molar-refractivity contribution in [1.29, 1.82) is 0 Å². The number of halogens is 1. The van der Waals surface area contributed by atoms with Gasteiger partial charge in [-0.1, -0.05) is 50.3 Å². The van der Waals surface area contributed by atoms with Crippen molar-refractivity contribution in [3.63, 3.8) is 0 Å². The Balaban J connectivity index is 4.22. The minimum absolute atomic E-state index is 0.329. The van der Waals surface area contributed by atoms with Crippen molar-refractivity contribution in [2.75, 3.05) is 0 Å². The van der Waals surface area contributed by atoms with Gasteiger partial charge in [0.1, 0.15) is 0 Å². The van der Waals surface area contributed by atoms with Gasteiger partial charge in [-0.15, -0.1) is 0 Å². The van der Waals surface area contributed by atoms with Crippen LogP contribution < -0.4 is 0 Å². The van der Waals surface area contributed by atoms with E-state index < -0.39 is 8.32 Å². The fourth-order valence-electron chi connectivity index (χ4n) is 1.19. The molecule has 0 aromatic heterocycles. The molecule has 0 bridgehead atoms. The first-order valence-electron chi connectivity index (χ1n) is 5.38. The van der Waals surface area contributed by atoms with Gasteiger partial charge in [-0.3, -0.25) is 0 Å². The van der Waals surface area contributed by atoms with Gasteiger partial charge in [-0.2, -0.15) is 0 Å². The Hall–Kier alpha value is 0.907. The van der Waals surface area contributed by atoms with Gasteiger partial charge in [0.25, 0.3) is 0 Å². The Morgan fingerprint density at radius 2 is 1.64 bits per heavy atom. The Morgan fingerprint density at radius 1 is 1.21 bits per heavy atom. The molecule has 1 nitrogen and oxygen atoms in total. The van der Waals surface area contributed by atoms with Crippen molar-refractivity contribution in [1.82, 2.24) is 0 Å². The molecule has 0 spiro atoms. The van der Waals surface area contributed by atoms with E-state index in [2.05, 4.69) is 70.3 Å². The van der Waals surface area contributed by atoms with Crippen molar-refractivity contribution >= 4 is 30.9 Å². The van der Waals surface area contributed by atoms with E-state index in [1.807, 2.05) is 0 Å². The zero-order valence-electron chi connectivity index (χ0n) is 10.6. The van der Waals surface area contributed by atoms with Crippen molar-refractivity contribution in [2.24, 2.45) is 0 Å². The summed E-state index contributed by atoms with van der Waals surface area (Å²) in [5.74, 6) is 0. The molecule has 0 rings (SSSR count). The zero-order chi connectivity index (χ0) is 11.6. The highest BCUT2D eigenvalue weighted by atomic mass is 127. The van der Waals surface area contributed by atoms with Gasteiger partial charge in [0.15, 0.2) is 8.32 Å². The van der Waals surface area contributed by atoms with E-state index in [4.69, 9.17) is 4.43 Å². The third-order valence-electron chi connectivity index (χ3n) is 2.96. The van der Waals surface area contributed by atoms with Crippen LogP contribution in [0, 0.1) is 0 Å². The second-order valence-electron chi connectivity index (χ2n) is 5.71. The van der Waals surface area contributed by atoms with E-state index in [0.29, 0.717) is 15.1 Å². The smallest absolute Gasteiger partial charge is 0.192 e. The Labute approximate surface area is 104 Å². The van der Waals surface area contributed by atoms with Crippen LogP contribution in [-0.2, 0) is 4.43 Å². The Bertz CT molecular complexity index is 173. The van der Waals surface area contributed by atoms with E-state index in [1.54, 1.807) is 0 Å². The molecular weight excluding hydrogens is 303 g/mol. The molecule has 0 fully saturated rings. The summed E-state index contributed by atoms with van der Waals surface area (Å²) in [7, 11) is -1.54. The minimum Gasteiger partial charge on any atom is -0.414 e. The molecule has 0 heterocycles. The highest BCUT2D eigenvalue weighted by molar-refractivity contribution is 14.1. The SMILES string of the molecule is C[C@H](C[C@@H](C)I)O[Si](C)(C)C(C)(C)C. The summed E-state index contributed by atoms with van der Waals surface area (Å²) in [4.78, 5) is 0. The lowest BCUT2D eigenvalue weighted by molar-refractivity contribution is 0.191. The molecule has 0 aromatic carbocycles. The summed E-state index contributed by atoms with van der Waals surface area (Å²) in [6.45, 7) is 16.0. The van der Waals surface area contributed by atoms with Crippen LogP contribution in [-0.4, -0.2) is 18.3 Å². The van der Waals surface area contributed by atoms with E-state index in [-0.39, 0.29) is 0 Å². The van der Waals surface area contributed by atoms with Gasteiger partial charge in [0, 0.05) is 10.0 Å². The van der Waals surface area contributed by atoms with E-state index in [0.717, 1.165) is 6.42 Å². The van der Waals surface area contributed by atoms with Crippen LogP contribution in [0.15, 0.2) is 0 Å². The van der Waals surface area contributed by atoms with Gasteiger partial charge in [0.05, 0.1) is 0 Å². The fraction of sp³-hybridized carbons (Fsp3) is 1.00. The van der Waals surface area contributed by atoms with E-state index >= 15 is 0 Å². The van der Waals surface area contributed by atoms with Crippen LogP contribution in [0.5, 0.6) is 0 Å². The summed E-state index contributed by atoms with van der Waals surface area (Å²) < 4.78 is 6.95. The molecule has 0 N–H and O–H groups in total. The third-order valence-corrected chi connectivity index (χ3v) is 8.07. The van der Waals surface area contributed by atoms with Crippen molar-refractivity contribution in [3.05, 3.63) is 0 Å². The van der Waals surface area contributed by atoms with Gasteiger partial charge >= 0.3 is 0 Å². The fourth-order valence-corrected chi connectivity index (χ4v) is 3.36. The van der Waals surface area contributed by atoms with E-state index in [9.17, 15) is 0 Å². The lowest BCUT2D eigenvalue weighted by atomic mass is 10.2. The highest BCUT2D eigenvalue weighted by Crippen LogP contribution is 2.37. The molecule has 0 radical (unpaired) electrons. The third kappa shape index (κ3) is 5.12. The molecule has 14 heavy (non-hydrogen) atoms. The van der Waals surface area contributed by atoms with Gasteiger partial charge in [-0.25, -0.2) is 0 Å². The molecule has 0 aromatic rings. The predicted octanol–water partition coefficient (Wildman–Crippen LogP) is 4.61. The van der Waals surface area contributed by atoms with Crippen LogP contribution in [0.25, 0.3) is 0 Å². The molecule has 0 unspecified atom stereocenters. The normalized spacial score (nSPS) is 18.0. The van der Waals surface area contributed by atoms with Crippen molar-refractivity contribution in [2.45, 2.75) is 69.2 Å². The molecule has 0 saturated carbocycles. The second kappa shape index (κ2) is 5.30. The van der Waals surface area contributed by atoms with E-state index in [1.165, 1.54) is 0 Å². The molecule has 0 aliphatic carbocycles. The average Bonchev–Trinajstić information content (AvgIpc) is 1.79. The van der Waals surface area contributed by atoms with Crippen LogP contribution in [0.4, 0.5) is 0 Å². The lowest BCUT2D eigenvalue weighted by Gasteiger charge is -2.38. The molecule has 0 saturated heterocycles. The van der Waals surface area contributed by atoms with Crippen LogP contribution in [0.2, 0.25) is 18.1 Å². The standard InChI is InChI=1S/C11H25IOSi/c1-9(12)8-10(2)13-14(6,7)11(3,4)5/h9-10H,8H2,1-7H3/t9-,10-/m1/s1. The first-order chi connectivity index (χ1) is 6.06. The maximum absolute atomic E-state index is 6.25. The van der Waals surface area contributed by atoms with Crippen LogP contribution in [0.3, 0.4) is 0 Å². The summed E-state index contributed by atoms with van der Waals surface area (Å²) in [5.41, 5.74) is 0. The van der Waals surface area contributed by atoms with Crippen LogP contribution >= 0.6 is 22.6 Å². The quantitative estimate of drug-likeness (QED) is 0.416. The molecule has 0 aliphatic heterocycles. The van der Waals surface area contributed by atoms with Gasteiger partial charge in [-0.05, 0) is 31.5 Å². The molecule has 0 amide bonds. The van der Waals surface area contributed by atoms with Gasteiger partial charge in [0.2, 0.25) is 0 Å². The number of alkyl halides is 1. The molecule has 2 atom stereocenters. The van der Waals surface area contributed by atoms with Crippen molar-refractivity contribution < 1.29 is 4.43 Å². The first kappa shape index (κ1) is 14.9. The molecule has 3 heteroatoms. The largest absolute Gasteiger partial charge is 0.414 e. The first-order valence-corrected chi connectivity index (χ1v) is 9.53. The highest BCUT2D eigenvalue weighted by Gasteiger charge is 2.38. The Morgan fingerprint density at radius 3 is 1.93 bits per heavy atom. The average molecular weight is 328 g/mol. The summed E-state index contributed by atoms with van der Waals surface area (Å²) in [6.07, 6.45) is 1.57. The van der Waals surface area contributed by atoms with Crippen molar-refractivity contribution in [3.8, 4) is 0 Å². The topological polar surface area (TPSA) is 9.23 Å². The Kier molecular flexibility index (Phi) is 5.64. The molecule has 86 valence electrons. The lowest BCUT2D eigenvalue weighted by Crippen LogP contribution is -2.43. The van der Waals surface area contributed by atoms with Crippen LogP contribution in [0.1, 0.15) is 41.0 Å². The summed E-state index contributed by atoms with van der Waals surface area (Å²) in [6, 6.07) is 0. The molecule has 0 aliphatic rings. The second-order valence-corrected chi connectivity index (χ2v) is 12.6.